The first-order chi connectivity index (χ1) is 13.5. The number of hydrogen-bond donors (Lipinski definition) is 1. The number of nitrogens with zero attached hydrogens (tertiary/aromatic N) is 5. The minimum atomic E-state index is 0.0555. The smallest absolute Gasteiger partial charge is 0.257 e. The summed E-state index contributed by atoms with van der Waals surface area (Å²) in [6.45, 7) is 7.20. The van der Waals surface area contributed by atoms with E-state index in [2.05, 4.69) is 15.3 Å². The van der Waals surface area contributed by atoms with Gasteiger partial charge < -0.3 is 9.80 Å². The van der Waals surface area contributed by atoms with Crippen molar-refractivity contribution in [3.05, 3.63) is 34.4 Å². The summed E-state index contributed by atoms with van der Waals surface area (Å²) in [5.74, 6) is 0.204. The van der Waals surface area contributed by atoms with Gasteiger partial charge in [0, 0.05) is 44.8 Å². The standard InChI is InChI=1S/C20H28N6O2/c1-14-16(15(2)23-22-14)6-7-19(27)24-9-11-25(12-10-24)20(28)17-13-21-26-8-4-3-5-18(17)26/h13H,3-12H2,1-2H3,(H,22,23). The number of hydrogen-bond acceptors (Lipinski definition) is 4. The number of H-pyrrole nitrogens is 1. The lowest BCUT2D eigenvalue weighted by atomic mass is 10.1. The van der Waals surface area contributed by atoms with Crippen LogP contribution in [0.5, 0.6) is 0 Å². The molecule has 0 radical (unpaired) electrons. The van der Waals surface area contributed by atoms with E-state index in [0.29, 0.717) is 39.0 Å². The molecule has 0 atom stereocenters. The largest absolute Gasteiger partial charge is 0.339 e. The van der Waals surface area contributed by atoms with Gasteiger partial charge >= 0.3 is 0 Å². The zero-order valence-electron chi connectivity index (χ0n) is 16.7. The Bertz CT molecular complexity index is 856. The fourth-order valence-corrected chi connectivity index (χ4v) is 4.26. The number of amides is 2. The average Bonchev–Trinajstić information content (AvgIpc) is 3.29. The highest BCUT2D eigenvalue weighted by Gasteiger charge is 2.28. The molecule has 0 spiro atoms. The molecule has 0 unspecified atom stereocenters. The van der Waals surface area contributed by atoms with Crippen molar-refractivity contribution >= 4 is 11.8 Å². The molecule has 2 aromatic rings. The van der Waals surface area contributed by atoms with Crippen LogP contribution in [-0.4, -0.2) is 67.8 Å². The van der Waals surface area contributed by atoms with E-state index in [1.54, 1.807) is 6.20 Å². The molecule has 8 heteroatoms. The second-order valence-electron chi connectivity index (χ2n) is 7.77. The summed E-state index contributed by atoms with van der Waals surface area (Å²) >= 11 is 0. The molecule has 28 heavy (non-hydrogen) atoms. The highest BCUT2D eigenvalue weighted by Crippen LogP contribution is 2.20. The molecule has 0 bridgehead atoms. The van der Waals surface area contributed by atoms with Crippen LogP contribution in [0.25, 0.3) is 0 Å². The summed E-state index contributed by atoms with van der Waals surface area (Å²) in [5, 5.41) is 11.5. The van der Waals surface area contributed by atoms with Gasteiger partial charge in [0.1, 0.15) is 0 Å². The first-order valence-electron chi connectivity index (χ1n) is 10.2. The number of piperazine rings is 1. The Morgan fingerprint density at radius 3 is 2.54 bits per heavy atom. The Morgan fingerprint density at radius 2 is 1.82 bits per heavy atom. The monoisotopic (exact) mass is 384 g/mol. The second-order valence-corrected chi connectivity index (χ2v) is 7.77. The van der Waals surface area contributed by atoms with Gasteiger partial charge in [-0.2, -0.15) is 10.2 Å². The second kappa shape index (κ2) is 7.77. The van der Waals surface area contributed by atoms with Crippen LogP contribution in [-0.2, 0) is 24.2 Å². The van der Waals surface area contributed by atoms with Gasteiger partial charge in [0.2, 0.25) is 5.91 Å². The molecule has 2 aliphatic heterocycles. The predicted octanol–water partition coefficient (Wildman–Crippen LogP) is 1.48. The van der Waals surface area contributed by atoms with Gasteiger partial charge in [-0.1, -0.05) is 0 Å². The first-order valence-corrected chi connectivity index (χ1v) is 10.2. The van der Waals surface area contributed by atoms with Crippen LogP contribution in [0.15, 0.2) is 6.20 Å². The van der Waals surface area contributed by atoms with E-state index in [9.17, 15) is 9.59 Å². The maximum atomic E-state index is 12.9. The summed E-state index contributed by atoms with van der Waals surface area (Å²) in [6.07, 6.45) is 6.06. The molecule has 0 aliphatic carbocycles. The van der Waals surface area contributed by atoms with Crippen molar-refractivity contribution in [3.63, 3.8) is 0 Å². The summed E-state index contributed by atoms with van der Waals surface area (Å²) < 4.78 is 1.97. The molecule has 0 aromatic carbocycles. The number of aromatic amines is 1. The van der Waals surface area contributed by atoms with Crippen molar-refractivity contribution in [2.75, 3.05) is 26.2 Å². The Hall–Kier alpha value is -2.64. The fourth-order valence-electron chi connectivity index (χ4n) is 4.26. The van der Waals surface area contributed by atoms with Crippen LogP contribution in [0.1, 0.15) is 52.3 Å². The van der Waals surface area contributed by atoms with E-state index in [4.69, 9.17) is 0 Å². The Morgan fingerprint density at radius 1 is 1.07 bits per heavy atom. The average molecular weight is 384 g/mol. The minimum absolute atomic E-state index is 0.0555. The summed E-state index contributed by atoms with van der Waals surface area (Å²) in [5.41, 5.74) is 4.94. The first kappa shape index (κ1) is 18.7. The topological polar surface area (TPSA) is 87.1 Å². The molecule has 1 saturated heterocycles. The van der Waals surface area contributed by atoms with Crippen LogP contribution in [0.4, 0.5) is 0 Å². The lowest BCUT2D eigenvalue weighted by molar-refractivity contribution is -0.132. The van der Waals surface area contributed by atoms with Crippen molar-refractivity contribution in [2.45, 2.75) is 52.5 Å². The van der Waals surface area contributed by atoms with Crippen LogP contribution >= 0.6 is 0 Å². The normalized spacial score (nSPS) is 16.9. The molecule has 2 aliphatic rings. The van der Waals surface area contributed by atoms with E-state index in [1.165, 1.54) is 0 Å². The molecule has 150 valence electrons. The quantitative estimate of drug-likeness (QED) is 0.865. The molecule has 1 fully saturated rings. The number of nitrogens with one attached hydrogen (secondary N) is 1. The minimum Gasteiger partial charge on any atom is -0.339 e. The summed E-state index contributed by atoms with van der Waals surface area (Å²) in [6, 6.07) is 0. The molecule has 2 amide bonds. The Labute approximate surface area is 164 Å². The van der Waals surface area contributed by atoms with Gasteiger partial charge in [-0.25, -0.2) is 0 Å². The molecular formula is C20H28N6O2. The third-order valence-corrected chi connectivity index (χ3v) is 6.00. The molecule has 2 aromatic heterocycles. The number of carbonyl (C=O) groups excluding carboxylic acids is 2. The van der Waals surface area contributed by atoms with Gasteiger partial charge in [-0.15, -0.1) is 0 Å². The zero-order valence-corrected chi connectivity index (χ0v) is 16.7. The van der Waals surface area contributed by atoms with Gasteiger partial charge in [-0.3, -0.25) is 19.4 Å². The highest BCUT2D eigenvalue weighted by atomic mass is 16.2. The maximum absolute atomic E-state index is 12.9. The van der Waals surface area contributed by atoms with Crippen molar-refractivity contribution in [2.24, 2.45) is 0 Å². The van der Waals surface area contributed by atoms with E-state index < -0.39 is 0 Å². The Balaban J connectivity index is 1.31. The van der Waals surface area contributed by atoms with Gasteiger partial charge in [0.25, 0.3) is 5.91 Å². The van der Waals surface area contributed by atoms with E-state index >= 15 is 0 Å². The number of aryl methyl sites for hydroxylation is 3. The van der Waals surface area contributed by atoms with Crippen molar-refractivity contribution in [1.29, 1.82) is 0 Å². The van der Waals surface area contributed by atoms with E-state index in [-0.39, 0.29) is 11.8 Å². The van der Waals surface area contributed by atoms with Crippen LogP contribution < -0.4 is 0 Å². The van der Waals surface area contributed by atoms with Crippen molar-refractivity contribution < 1.29 is 9.59 Å². The van der Waals surface area contributed by atoms with Gasteiger partial charge in [0.05, 0.1) is 23.1 Å². The number of fused-ring (bicyclic) bond motifs is 1. The highest BCUT2D eigenvalue weighted by molar-refractivity contribution is 5.95. The number of aromatic nitrogens is 4. The van der Waals surface area contributed by atoms with Crippen LogP contribution in [0, 0.1) is 13.8 Å². The van der Waals surface area contributed by atoms with E-state index in [0.717, 1.165) is 54.0 Å². The third kappa shape index (κ3) is 3.55. The van der Waals surface area contributed by atoms with Gasteiger partial charge in [0.15, 0.2) is 0 Å². The van der Waals surface area contributed by atoms with Crippen molar-refractivity contribution in [1.82, 2.24) is 29.8 Å². The van der Waals surface area contributed by atoms with Crippen LogP contribution in [0.3, 0.4) is 0 Å². The molecule has 4 heterocycles. The molecular weight excluding hydrogens is 356 g/mol. The number of rotatable bonds is 4. The SMILES string of the molecule is Cc1n[nH]c(C)c1CCC(=O)N1CCN(C(=O)c2cnn3c2CCCC3)CC1. The lowest BCUT2D eigenvalue weighted by Crippen LogP contribution is -2.50. The lowest BCUT2D eigenvalue weighted by Gasteiger charge is -2.35. The molecule has 8 nitrogen and oxygen atoms in total. The molecule has 0 saturated carbocycles. The maximum Gasteiger partial charge on any atom is 0.257 e. The zero-order chi connectivity index (χ0) is 19.7. The van der Waals surface area contributed by atoms with Crippen LogP contribution in [0.2, 0.25) is 0 Å². The number of carbonyl (C=O) groups is 2. The fraction of sp³-hybridized carbons (Fsp3) is 0.600. The predicted molar refractivity (Wildman–Crippen MR) is 104 cm³/mol. The Kier molecular flexibility index (Phi) is 5.19. The summed E-state index contributed by atoms with van der Waals surface area (Å²) in [7, 11) is 0. The summed E-state index contributed by atoms with van der Waals surface area (Å²) in [4.78, 5) is 29.3. The van der Waals surface area contributed by atoms with Crippen molar-refractivity contribution in [3.8, 4) is 0 Å². The molecule has 4 rings (SSSR count). The van der Waals surface area contributed by atoms with E-state index in [1.807, 2.05) is 28.3 Å². The molecule has 1 N–H and O–H groups in total. The van der Waals surface area contributed by atoms with Gasteiger partial charge in [-0.05, 0) is 45.1 Å². The third-order valence-electron chi connectivity index (χ3n) is 6.00.